The van der Waals surface area contributed by atoms with Gasteiger partial charge in [-0.05, 0) is 63.1 Å². The minimum absolute atomic E-state index is 0. The number of hydrogen-bond acceptors (Lipinski definition) is 4. The number of amides is 1. The fourth-order valence-electron chi connectivity index (χ4n) is 5.08. The number of aromatic hydroxyl groups is 1. The zero-order valence-electron chi connectivity index (χ0n) is 17.1. The molecule has 1 aromatic carbocycles. The second kappa shape index (κ2) is 7.13. The number of benzene rings is 1. The van der Waals surface area contributed by atoms with E-state index in [0.29, 0.717) is 18.7 Å². The molecular formula is C23H28ClN3O3. The minimum Gasteiger partial charge on any atom is -0.506 e. The third-order valence-electron chi connectivity index (χ3n) is 7.12. The molecule has 2 fully saturated rings. The molecule has 3 aliphatic rings. The molecule has 160 valence electrons. The van der Waals surface area contributed by atoms with Crippen LogP contribution in [0.15, 0.2) is 30.3 Å². The highest BCUT2D eigenvalue weighted by Gasteiger charge is 2.46. The van der Waals surface area contributed by atoms with Crippen LogP contribution in [0.1, 0.15) is 53.7 Å². The summed E-state index contributed by atoms with van der Waals surface area (Å²) in [4.78, 5) is 29.9. The monoisotopic (exact) mass is 429 g/mol. The Morgan fingerprint density at radius 1 is 1.10 bits per heavy atom. The number of carbonyl (C=O) groups excluding carboxylic acids is 2. The minimum atomic E-state index is -0.149. The van der Waals surface area contributed by atoms with E-state index in [0.717, 1.165) is 44.5 Å². The number of Topliss-reactive ketones (excluding diaryl/α,β-unsaturated/α-hetero) is 1. The lowest BCUT2D eigenvalue weighted by atomic mass is 9.81. The Kier molecular flexibility index (Phi) is 4.67. The maximum absolute atomic E-state index is 13.0. The molecule has 1 saturated heterocycles. The van der Waals surface area contributed by atoms with Crippen molar-refractivity contribution in [2.24, 2.45) is 5.92 Å². The number of likely N-dealkylation sites (tertiary alicyclic amines) is 1. The van der Waals surface area contributed by atoms with Crippen LogP contribution < -0.4 is 0 Å². The fourth-order valence-corrected chi connectivity index (χ4v) is 5.26. The smallest absolute Gasteiger partial charge is 0.253 e. The Hall–Kier alpha value is -2.31. The first-order chi connectivity index (χ1) is 14.4. The van der Waals surface area contributed by atoms with E-state index in [1.807, 2.05) is 11.0 Å². The number of fused-ring (bicyclic) bond motifs is 2. The van der Waals surface area contributed by atoms with Gasteiger partial charge in [-0.25, -0.2) is 0 Å². The van der Waals surface area contributed by atoms with Crippen LogP contribution in [0.25, 0.3) is 0 Å². The molecule has 1 saturated carbocycles. The van der Waals surface area contributed by atoms with E-state index in [1.165, 1.54) is 17.8 Å². The Labute approximate surface area is 182 Å². The molecule has 0 bridgehead atoms. The second-order valence-electron chi connectivity index (χ2n) is 8.81. The van der Waals surface area contributed by atoms with Crippen molar-refractivity contribution in [3.63, 3.8) is 0 Å². The van der Waals surface area contributed by atoms with E-state index in [9.17, 15) is 14.7 Å². The molecule has 1 amide bonds. The van der Waals surface area contributed by atoms with Gasteiger partial charge >= 0.3 is 0 Å². The average Bonchev–Trinajstić information content (AvgIpc) is 3.51. The second-order valence-corrected chi connectivity index (χ2v) is 9.21. The van der Waals surface area contributed by atoms with Gasteiger partial charge < -0.3 is 14.6 Å². The van der Waals surface area contributed by atoms with Gasteiger partial charge in [-0.3, -0.25) is 14.5 Å². The number of likely N-dealkylation sites (N-methyl/N-ethyl adjacent to an activating group) is 1. The van der Waals surface area contributed by atoms with E-state index >= 15 is 0 Å². The van der Waals surface area contributed by atoms with E-state index in [4.69, 9.17) is 11.6 Å². The molecule has 1 spiro atoms. The molecule has 1 aromatic heterocycles. The number of aromatic nitrogens is 1. The number of ketones is 1. The third kappa shape index (κ3) is 3.05. The summed E-state index contributed by atoms with van der Waals surface area (Å²) in [5.74, 6) is 0.422. The topological polar surface area (TPSA) is 65.8 Å². The third-order valence-corrected chi connectivity index (χ3v) is 7.42. The van der Waals surface area contributed by atoms with Crippen molar-refractivity contribution < 1.29 is 16.1 Å². The van der Waals surface area contributed by atoms with Gasteiger partial charge in [0.2, 0.25) is 0 Å². The summed E-state index contributed by atoms with van der Waals surface area (Å²) >= 11 is 5.99. The van der Waals surface area contributed by atoms with Gasteiger partial charge in [0.15, 0.2) is 5.78 Å². The normalized spacial score (nSPS) is 20.9. The zero-order chi connectivity index (χ0) is 21.0. The lowest BCUT2D eigenvalue weighted by molar-refractivity contribution is 0.0127. The summed E-state index contributed by atoms with van der Waals surface area (Å²) in [5, 5.41) is 9.80. The standard InChI is InChI=1S/C23H26ClN3O3.H2/c1-25-12-13-27-18(21(29)15-2-3-15)5-7-20(27)23(25)8-10-26(11-9-23)22(30)16-4-6-19(28)17(24)14-16;/h4-7,14-15,28H,2-3,8-13H2,1H3;1H. The first-order valence-electron chi connectivity index (χ1n) is 10.6. The number of halogens is 1. The van der Waals surface area contributed by atoms with Crippen molar-refractivity contribution in [3.05, 3.63) is 52.3 Å². The number of phenolic OH excluding ortho intramolecular Hbond substituents is 1. The maximum atomic E-state index is 13.0. The molecule has 3 heterocycles. The Bertz CT molecular complexity index is 1030. The predicted molar refractivity (Wildman–Crippen MR) is 116 cm³/mol. The first kappa shape index (κ1) is 19.6. The molecule has 5 rings (SSSR count). The van der Waals surface area contributed by atoms with Gasteiger partial charge in [0.05, 0.1) is 16.3 Å². The number of carbonyl (C=O) groups is 2. The van der Waals surface area contributed by atoms with Crippen LogP contribution >= 0.6 is 11.6 Å². The highest BCUT2D eigenvalue weighted by atomic mass is 35.5. The fraction of sp³-hybridized carbons (Fsp3) is 0.478. The van der Waals surface area contributed by atoms with Crippen LogP contribution in [0.5, 0.6) is 5.75 Å². The van der Waals surface area contributed by atoms with E-state index in [2.05, 4.69) is 22.6 Å². The SMILES string of the molecule is CN1CCn2c(C(=O)C3CC3)ccc2C12CCN(C(=O)c1ccc(O)c(Cl)c1)CC2.[HH]. The summed E-state index contributed by atoms with van der Waals surface area (Å²) in [6.45, 7) is 3.01. The highest BCUT2D eigenvalue weighted by Crippen LogP contribution is 2.43. The van der Waals surface area contributed by atoms with Crippen LogP contribution in [0, 0.1) is 5.92 Å². The van der Waals surface area contributed by atoms with Crippen molar-refractivity contribution in [3.8, 4) is 5.75 Å². The molecule has 2 aromatic rings. The summed E-state index contributed by atoms with van der Waals surface area (Å²) in [6, 6.07) is 8.73. The molecule has 0 atom stereocenters. The van der Waals surface area contributed by atoms with Crippen LogP contribution in [0.2, 0.25) is 5.02 Å². The molecule has 7 heteroatoms. The Morgan fingerprint density at radius 2 is 1.83 bits per heavy atom. The predicted octanol–water partition coefficient (Wildman–Crippen LogP) is 3.76. The number of hydrogen-bond donors (Lipinski definition) is 1. The van der Waals surface area contributed by atoms with E-state index in [-0.39, 0.29) is 35.3 Å². The van der Waals surface area contributed by atoms with Crippen LogP contribution in [-0.4, -0.2) is 57.8 Å². The Morgan fingerprint density at radius 3 is 2.50 bits per heavy atom. The molecule has 6 nitrogen and oxygen atoms in total. The van der Waals surface area contributed by atoms with E-state index in [1.54, 1.807) is 6.07 Å². The number of piperidine rings is 1. The molecule has 1 N–H and O–H groups in total. The summed E-state index contributed by atoms with van der Waals surface area (Å²) in [7, 11) is 2.15. The van der Waals surface area contributed by atoms with Crippen molar-refractivity contribution in [2.45, 2.75) is 37.8 Å². The molecule has 0 radical (unpaired) electrons. The quantitative estimate of drug-likeness (QED) is 0.754. The number of phenols is 1. The van der Waals surface area contributed by atoms with Crippen molar-refractivity contribution >= 4 is 23.3 Å². The van der Waals surface area contributed by atoms with Crippen molar-refractivity contribution in [2.75, 3.05) is 26.7 Å². The molecule has 2 aliphatic heterocycles. The maximum Gasteiger partial charge on any atom is 0.253 e. The zero-order valence-corrected chi connectivity index (χ0v) is 17.9. The van der Waals surface area contributed by atoms with Gasteiger partial charge in [-0.2, -0.15) is 0 Å². The highest BCUT2D eigenvalue weighted by molar-refractivity contribution is 6.32. The van der Waals surface area contributed by atoms with Gasteiger partial charge in [-0.15, -0.1) is 0 Å². The number of rotatable bonds is 3. The van der Waals surface area contributed by atoms with E-state index < -0.39 is 0 Å². The molecule has 1 aliphatic carbocycles. The van der Waals surface area contributed by atoms with Gasteiger partial charge in [0, 0.05) is 44.8 Å². The summed E-state index contributed by atoms with van der Waals surface area (Å²) < 4.78 is 2.23. The number of nitrogens with zero attached hydrogens (tertiary/aromatic N) is 3. The lowest BCUT2D eigenvalue weighted by Crippen LogP contribution is -2.56. The lowest BCUT2D eigenvalue weighted by Gasteiger charge is -2.50. The van der Waals surface area contributed by atoms with Gasteiger partial charge in [-0.1, -0.05) is 11.6 Å². The summed E-state index contributed by atoms with van der Waals surface area (Å²) in [6.07, 6.45) is 3.68. The van der Waals surface area contributed by atoms with Crippen molar-refractivity contribution in [1.29, 1.82) is 0 Å². The largest absolute Gasteiger partial charge is 0.506 e. The Balaban J connectivity index is 0.00000231. The van der Waals surface area contributed by atoms with Crippen LogP contribution in [0.3, 0.4) is 0 Å². The van der Waals surface area contributed by atoms with Gasteiger partial charge in [0.25, 0.3) is 5.91 Å². The summed E-state index contributed by atoms with van der Waals surface area (Å²) in [5.41, 5.74) is 2.41. The first-order valence-corrected chi connectivity index (χ1v) is 11.0. The van der Waals surface area contributed by atoms with Crippen LogP contribution in [0.4, 0.5) is 0 Å². The molecular weight excluding hydrogens is 402 g/mol. The average molecular weight is 430 g/mol. The molecule has 0 unspecified atom stereocenters. The van der Waals surface area contributed by atoms with Crippen LogP contribution in [-0.2, 0) is 12.1 Å². The van der Waals surface area contributed by atoms with Crippen molar-refractivity contribution in [1.82, 2.24) is 14.4 Å². The van der Waals surface area contributed by atoms with Gasteiger partial charge in [0.1, 0.15) is 5.75 Å². The molecule has 30 heavy (non-hydrogen) atoms.